The first-order valence-corrected chi connectivity index (χ1v) is 8.56. The van der Waals surface area contributed by atoms with Gasteiger partial charge >= 0.3 is 5.97 Å². The Balaban J connectivity index is 2.20. The summed E-state index contributed by atoms with van der Waals surface area (Å²) in [6.45, 7) is 6.20. The highest BCUT2D eigenvalue weighted by Crippen LogP contribution is 2.41. The van der Waals surface area contributed by atoms with Crippen molar-refractivity contribution in [3.05, 3.63) is 0 Å². The highest BCUT2D eigenvalue weighted by molar-refractivity contribution is 5.86. The molecule has 0 bridgehead atoms. The molecule has 0 spiro atoms. The smallest absolute Gasteiger partial charge is 0.326 e. The Hall–Kier alpha value is -1.06. The SMILES string of the molecule is CCC(CC)C(C)C(=O)N1C(C(=O)O)CC2CCCCC21. The van der Waals surface area contributed by atoms with Crippen molar-refractivity contribution in [2.75, 3.05) is 0 Å². The lowest BCUT2D eigenvalue weighted by atomic mass is 9.84. The zero-order valence-electron chi connectivity index (χ0n) is 13.5. The number of rotatable bonds is 5. The van der Waals surface area contributed by atoms with Gasteiger partial charge in [0, 0.05) is 12.0 Å². The molecular weight excluding hydrogens is 266 g/mol. The maximum atomic E-state index is 12.9. The molecule has 4 atom stereocenters. The summed E-state index contributed by atoms with van der Waals surface area (Å²) in [7, 11) is 0. The molecule has 0 aromatic heterocycles. The number of carbonyl (C=O) groups excluding carboxylic acids is 1. The molecule has 1 saturated carbocycles. The second kappa shape index (κ2) is 6.80. The Labute approximate surface area is 127 Å². The van der Waals surface area contributed by atoms with Crippen LogP contribution < -0.4 is 0 Å². The molecule has 1 saturated heterocycles. The van der Waals surface area contributed by atoms with Crippen molar-refractivity contribution in [2.24, 2.45) is 17.8 Å². The number of carboxylic acids is 1. The van der Waals surface area contributed by atoms with E-state index < -0.39 is 12.0 Å². The molecule has 4 unspecified atom stereocenters. The molecule has 4 heteroatoms. The summed E-state index contributed by atoms with van der Waals surface area (Å²) in [4.78, 5) is 26.3. The second-order valence-electron chi connectivity index (χ2n) is 6.81. The van der Waals surface area contributed by atoms with Crippen LogP contribution in [0.25, 0.3) is 0 Å². The summed E-state index contributed by atoms with van der Waals surface area (Å²) >= 11 is 0. The van der Waals surface area contributed by atoms with Gasteiger partial charge in [-0.15, -0.1) is 0 Å². The predicted octanol–water partition coefficient (Wildman–Crippen LogP) is 3.30. The molecule has 4 nitrogen and oxygen atoms in total. The number of carboxylic acid groups (broad SMARTS) is 1. The summed E-state index contributed by atoms with van der Waals surface area (Å²) in [5.41, 5.74) is 0. The van der Waals surface area contributed by atoms with Gasteiger partial charge in [-0.3, -0.25) is 4.79 Å². The molecule has 2 fully saturated rings. The minimum absolute atomic E-state index is 0.0671. The van der Waals surface area contributed by atoms with Gasteiger partial charge in [0.05, 0.1) is 0 Å². The van der Waals surface area contributed by atoms with Gasteiger partial charge in [-0.2, -0.15) is 0 Å². The van der Waals surface area contributed by atoms with Crippen molar-refractivity contribution in [3.63, 3.8) is 0 Å². The fourth-order valence-corrected chi connectivity index (χ4v) is 4.43. The topological polar surface area (TPSA) is 57.6 Å². The van der Waals surface area contributed by atoms with Gasteiger partial charge in [-0.05, 0) is 31.1 Å². The molecule has 2 rings (SSSR count). The summed E-state index contributed by atoms with van der Waals surface area (Å²) < 4.78 is 0. The van der Waals surface area contributed by atoms with Gasteiger partial charge in [0.2, 0.25) is 5.91 Å². The molecule has 120 valence electrons. The molecule has 1 N–H and O–H groups in total. The van der Waals surface area contributed by atoms with Gasteiger partial charge in [0.15, 0.2) is 0 Å². The first kappa shape index (κ1) is 16.3. The van der Waals surface area contributed by atoms with E-state index >= 15 is 0 Å². The van der Waals surface area contributed by atoms with Crippen LogP contribution in [0.4, 0.5) is 0 Å². The molecule has 0 radical (unpaired) electrons. The maximum Gasteiger partial charge on any atom is 0.326 e. The van der Waals surface area contributed by atoms with E-state index in [0.717, 1.165) is 32.1 Å². The normalized spacial score (nSPS) is 30.3. The largest absolute Gasteiger partial charge is 0.480 e. The Kier molecular flexibility index (Phi) is 5.28. The number of carbonyl (C=O) groups is 2. The highest BCUT2D eigenvalue weighted by atomic mass is 16.4. The third kappa shape index (κ3) is 3.09. The number of hydrogen-bond donors (Lipinski definition) is 1. The molecule has 2 aliphatic rings. The highest BCUT2D eigenvalue weighted by Gasteiger charge is 2.48. The Morgan fingerprint density at radius 2 is 1.81 bits per heavy atom. The molecule has 1 amide bonds. The molecule has 21 heavy (non-hydrogen) atoms. The third-order valence-electron chi connectivity index (χ3n) is 5.77. The number of amides is 1. The summed E-state index contributed by atoms with van der Waals surface area (Å²) in [6.07, 6.45) is 6.97. The Morgan fingerprint density at radius 1 is 1.19 bits per heavy atom. The minimum atomic E-state index is -0.825. The van der Waals surface area contributed by atoms with Crippen LogP contribution in [-0.2, 0) is 9.59 Å². The number of nitrogens with zero attached hydrogens (tertiary/aromatic N) is 1. The lowest BCUT2D eigenvalue weighted by Gasteiger charge is -2.36. The molecule has 0 aromatic carbocycles. The van der Waals surface area contributed by atoms with Crippen LogP contribution in [0.5, 0.6) is 0 Å². The van der Waals surface area contributed by atoms with Crippen LogP contribution in [0.15, 0.2) is 0 Å². The van der Waals surface area contributed by atoms with E-state index in [0.29, 0.717) is 18.3 Å². The fourth-order valence-electron chi connectivity index (χ4n) is 4.43. The van der Waals surface area contributed by atoms with Crippen molar-refractivity contribution in [1.29, 1.82) is 0 Å². The van der Waals surface area contributed by atoms with Crippen LogP contribution in [0.2, 0.25) is 0 Å². The van der Waals surface area contributed by atoms with Crippen molar-refractivity contribution in [2.45, 2.75) is 77.8 Å². The predicted molar refractivity (Wildman–Crippen MR) is 81.9 cm³/mol. The summed E-state index contributed by atoms with van der Waals surface area (Å²) in [5.74, 6) is -0.0604. The van der Waals surface area contributed by atoms with E-state index in [1.165, 1.54) is 6.42 Å². The standard InChI is InChI=1S/C17H29NO3/c1-4-12(5-2)11(3)16(19)18-14-9-7-6-8-13(14)10-15(18)17(20)21/h11-15H,4-10H2,1-3H3,(H,20,21). The molecule has 1 aliphatic carbocycles. The molecule has 1 heterocycles. The van der Waals surface area contributed by atoms with Gasteiger partial charge in [0.25, 0.3) is 0 Å². The van der Waals surface area contributed by atoms with Crippen LogP contribution in [0.3, 0.4) is 0 Å². The lowest BCUT2D eigenvalue weighted by molar-refractivity contribution is -0.152. The van der Waals surface area contributed by atoms with Crippen molar-refractivity contribution in [3.8, 4) is 0 Å². The van der Waals surface area contributed by atoms with Crippen molar-refractivity contribution >= 4 is 11.9 Å². The van der Waals surface area contributed by atoms with Gasteiger partial charge in [0.1, 0.15) is 6.04 Å². The van der Waals surface area contributed by atoms with Gasteiger partial charge in [-0.1, -0.05) is 46.5 Å². The average Bonchev–Trinajstić information content (AvgIpc) is 2.87. The average molecular weight is 295 g/mol. The van der Waals surface area contributed by atoms with Crippen molar-refractivity contribution < 1.29 is 14.7 Å². The van der Waals surface area contributed by atoms with E-state index in [1.807, 2.05) is 6.92 Å². The minimum Gasteiger partial charge on any atom is -0.480 e. The zero-order valence-corrected chi connectivity index (χ0v) is 13.5. The Morgan fingerprint density at radius 3 is 2.38 bits per heavy atom. The van der Waals surface area contributed by atoms with Gasteiger partial charge < -0.3 is 10.0 Å². The number of likely N-dealkylation sites (tertiary alicyclic amines) is 1. The first-order chi connectivity index (χ1) is 10.0. The van der Waals surface area contributed by atoms with Crippen molar-refractivity contribution in [1.82, 2.24) is 4.90 Å². The van der Waals surface area contributed by atoms with E-state index in [9.17, 15) is 14.7 Å². The van der Waals surface area contributed by atoms with Crippen LogP contribution in [0, 0.1) is 17.8 Å². The molecule has 0 aromatic rings. The third-order valence-corrected chi connectivity index (χ3v) is 5.77. The van der Waals surface area contributed by atoms with E-state index in [2.05, 4.69) is 13.8 Å². The maximum absolute atomic E-state index is 12.9. The lowest BCUT2D eigenvalue weighted by Crippen LogP contribution is -2.49. The second-order valence-corrected chi connectivity index (χ2v) is 6.81. The van der Waals surface area contributed by atoms with Crippen LogP contribution >= 0.6 is 0 Å². The van der Waals surface area contributed by atoms with E-state index in [4.69, 9.17) is 0 Å². The van der Waals surface area contributed by atoms with Crippen LogP contribution in [-0.4, -0.2) is 34.0 Å². The van der Waals surface area contributed by atoms with E-state index in [-0.39, 0.29) is 17.9 Å². The summed E-state index contributed by atoms with van der Waals surface area (Å²) in [6, 6.07) is -0.424. The van der Waals surface area contributed by atoms with Gasteiger partial charge in [-0.25, -0.2) is 4.79 Å². The fraction of sp³-hybridized carbons (Fsp3) is 0.882. The molecule has 1 aliphatic heterocycles. The monoisotopic (exact) mass is 295 g/mol. The Bertz CT molecular complexity index is 391. The zero-order chi connectivity index (χ0) is 15.6. The number of fused-ring (bicyclic) bond motifs is 1. The summed E-state index contributed by atoms with van der Waals surface area (Å²) in [5, 5.41) is 9.52. The van der Waals surface area contributed by atoms with Crippen LogP contribution in [0.1, 0.15) is 65.7 Å². The first-order valence-electron chi connectivity index (χ1n) is 8.56. The number of hydrogen-bond acceptors (Lipinski definition) is 2. The van der Waals surface area contributed by atoms with E-state index in [1.54, 1.807) is 4.90 Å². The quantitative estimate of drug-likeness (QED) is 0.846. The molecular formula is C17H29NO3. The number of aliphatic carboxylic acids is 1.